The van der Waals surface area contributed by atoms with Crippen LogP contribution < -0.4 is 0 Å². The fourth-order valence-electron chi connectivity index (χ4n) is 0.516. The molecule has 0 bridgehead atoms. The van der Waals surface area contributed by atoms with E-state index in [9.17, 15) is 0 Å². The Balaban J connectivity index is 3.40. The molecule has 0 aromatic heterocycles. The molecular formula is C6H14O3Si. The van der Waals surface area contributed by atoms with Crippen molar-refractivity contribution in [2.24, 2.45) is 0 Å². The summed E-state index contributed by atoms with van der Waals surface area (Å²) in [6, 6.07) is 0. The zero-order valence-electron chi connectivity index (χ0n) is 6.66. The number of rotatable bonds is 5. The lowest BCUT2D eigenvalue weighted by Crippen LogP contribution is -2.15. The number of ether oxygens (including phenoxy) is 1. The molecule has 0 atom stereocenters. The van der Waals surface area contributed by atoms with E-state index in [1.165, 1.54) is 0 Å². The van der Waals surface area contributed by atoms with E-state index >= 15 is 0 Å². The van der Waals surface area contributed by atoms with Gasteiger partial charge >= 0.3 is 9.28 Å². The van der Waals surface area contributed by atoms with Crippen LogP contribution in [0.1, 0.15) is 0 Å². The molecule has 0 aromatic carbocycles. The molecule has 4 heteroatoms. The fourth-order valence-corrected chi connectivity index (χ4v) is 1.36. The molecular weight excluding hydrogens is 148 g/mol. The third-order valence-corrected chi connectivity index (χ3v) is 2.54. The van der Waals surface area contributed by atoms with Crippen molar-refractivity contribution in [1.29, 1.82) is 0 Å². The van der Waals surface area contributed by atoms with Crippen molar-refractivity contribution < 1.29 is 13.6 Å². The molecule has 3 nitrogen and oxygen atoms in total. The molecule has 0 saturated carbocycles. The van der Waals surface area contributed by atoms with Gasteiger partial charge in [0.2, 0.25) is 0 Å². The number of hydrogen-bond acceptors (Lipinski definition) is 3. The van der Waals surface area contributed by atoms with Gasteiger partial charge in [-0.2, -0.15) is 0 Å². The number of methoxy groups -OCH3 is 1. The van der Waals surface area contributed by atoms with Gasteiger partial charge in [0.25, 0.3) is 0 Å². The maximum Gasteiger partial charge on any atom is 0.347 e. The minimum atomic E-state index is -1.48. The first-order chi connectivity index (χ1) is 4.85. The molecule has 0 aromatic rings. The highest BCUT2D eigenvalue weighted by Crippen LogP contribution is 1.86. The Morgan fingerprint density at radius 2 is 1.80 bits per heavy atom. The van der Waals surface area contributed by atoms with Crippen LogP contribution >= 0.6 is 0 Å². The third-order valence-electron chi connectivity index (χ3n) is 1.02. The molecule has 0 radical (unpaired) electrons. The summed E-state index contributed by atoms with van der Waals surface area (Å²) in [7, 11) is 3.47. The van der Waals surface area contributed by atoms with E-state index in [1.54, 1.807) is 21.3 Å². The zero-order valence-corrected chi connectivity index (χ0v) is 7.82. The van der Waals surface area contributed by atoms with E-state index < -0.39 is 9.28 Å². The first kappa shape index (κ1) is 9.84. The van der Waals surface area contributed by atoms with E-state index in [0.29, 0.717) is 6.61 Å². The summed E-state index contributed by atoms with van der Waals surface area (Å²) in [5.41, 5.74) is 1.93. The maximum atomic E-state index is 5.02. The van der Waals surface area contributed by atoms with Gasteiger partial charge in [-0.3, -0.25) is 0 Å². The lowest BCUT2D eigenvalue weighted by molar-refractivity contribution is 0.233. The minimum Gasteiger partial charge on any atom is -0.397 e. The van der Waals surface area contributed by atoms with Crippen molar-refractivity contribution in [2.75, 3.05) is 27.9 Å². The Labute approximate surface area is 63.4 Å². The molecule has 0 aliphatic carbocycles. The first-order valence-corrected chi connectivity index (χ1v) is 4.67. The average Bonchev–Trinajstić information content (AvgIpc) is 1.99. The molecule has 0 heterocycles. The Kier molecular flexibility index (Phi) is 6.84. The van der Waals surface area contributed by atoms with Crippen molar-refractivity contribution in [1.82, 2.24) is 0 Å². The van der Waals surface area contributed by atoms with Gasteiger partial charge in [0, 0.05) is 21.3 Å². The molecule has 0 saturated heterocycles. The Morgan fingerprint density at radius 1 is 1.20 bits per heavy atom. The van der Waals surface area contributed by atoms with Crippen molar-refractivity contribution in [3.05, 3.63) is 11.8 Å². The highest BCUT2D eigenvalue weighted by Gasteiger charge is 2.00. The normalized spacial score (nSPS) is 11.6. The van der Waals surface area contributed by atoms with Gasteiger partial charge in [-0.1, -0.05) is 6.08 Å². The molecule has 0 fully saturated rings. The van der Waals surface area contributed by atoms with Gasteiger partial charge in [0.05, 0.1) is 6.61 Å². The second kappa shape index (κ2) is 6.95. The van der Waals surface area contributed by atoms with E-state index in [-0.39, 0.29) is 0 Å². The van der Waals surface area contributed by atoms with Gasteiger partial charge in [-0.25, -0.2) is 0 Å². The molecule has 0 spiro atoms. The third kappa shape index (κ3) is 4.69. The van der Waals surface area contributed by atoms with E-state index in [2.05, 4.69) is 0 Å². The van der Waals surface area contributed by atoms with Crippen LogP contribution in [0.5, 0.6) is 0 Å². The summed E-state index contributed by atoms with van der Waals surface area (Å²) in [5.74, 6) is 0. The van der Waals surface area contributed by atoms with Crippen molar-refractivity contribution in [3.8, 4) is 0 Å². The van der Waals surface area contributed by atoms with Gasteiger partial charge < -0.3 is 13.6 Å². The summed E-state index contributed by atoms with van der Waals surface area (Å²) in [6.07, 6.45) is 1.91. The van der Waals surface area contributed by atoms with Gasteiger partial charge in [0.1, 0.15) is 0 Å². The van der Waals surface area contributed by atoms with Crippen molar-refractivity contribution in [3.63, 3.8) is 0 Å². The minimum absolute atomic E-state index is 0.621. The predicted molar refractivity (Wildman–Crippen MR) is 42.2 cm³/mol. The van der Waals surface area contributed by atoms with Crippen molar-refractivity contribution >= 4 is 9.28 Å². The largest absolute Gasteiger partial charge is 0.397 e. The summed E-state index contributed by atoms with van der Waals surface area (Å²) in [6.45, 7) is 0.621. The molecule has 0 aliphatic rings. The van der Waals surface area contributed by atoms with Crippen LogP contribution in [0.25, 0.3) is 0 Å². The highest BCUT2D eigenvalue weighted by molar-refractivity contribution is 6.50. The van der Waals surface area contributed by atoms with Crippen LogP contribution in [0.2, 0.25) is 0 Å². The van der Waals surface area contributed by atoms with Gasteiger partial charge in [0.15, 0.2) is 0 Å². The molecule has 0 unspecified atom stereocenters. The van der Waals surface area contributed by atoms with E-state index in [0.717, 1.165) is 0 Å². The molecule has 0 N–H and O–H groups in total. The van der Waals surface area contributed by atoms with Crippen LogP contribution in [0, 0.1) is 0 Å². The highest BCUT2D eigenvalue weighted by atomic mass is 28.3. The SMILES string of the molecule is COCC=C[SiH](OC)OC. The first-order valence-electron chi connectivity index (χ1n) is 3.06. The fraction of sp³-hybridized carbons (Fsp3) is 0.667. The van der Waals surface area contributed by atoms with Crippen LogP contribution in [0.3, 0.4) is 0 Å². The van der Waals surface area contributed by atoms with Crippen molar-refractivity contribution in [2.45, 2.75) is 0 Å². The monoisotopic (exact) mass is 162 g/mol. The summed E-state index contributed by atoms with van der Waals surface area (Å²) < 4.78 is 14.8. The molecule has 0 rings (SSSR count). The second-order valence-corrected chi connectivity index (χ2v) is 3.79. The molecule has 0 amide bonds. The van der Waals surface area contributed by atoms with Gasteiger partial charge in [-0.05, 0) is 5.70 Å². The van der Waals surface area contributed by atoms with Crippen LogP contribution in [0.15, 0.2) is 11.8 Å². The Bertz CT molecular complexity index is 91.0. The smallest absolute Gasteiger partial charge is 0.347 e. The van der Waals surface area contributed by atoms with Crippen LogP contribution in [-0.4, -0.2) is 37.2 Å². The van der Waals surface area contributed by atoms with E-state index in [4.69, 9.17) is 13.6 Å². The standard InChI is InChI=1S/C6H14O3Si/c1-7-5-4-6-10(8-2)9-3/h4,6,10H,5H2,1-3H3. The average molecular weight is 162 g/mol. The molecule has 60 valence electrons. The second-order valence-electron chi connectivity index (χ2n) is 1.72. The number of hydrogen-bond donors (Lipinski definition) is 0. The summed E-state index contributed by atoms with van der Waals surface area (Å²) >= 11 is 0. The van der Waals surface area contributed by atoms with E-state index in [1.807, 2.05) is 11.8 Å². The van der Waals surface area contributed by atoms with Gasteiger partial charge in [-0.15, -0.1) is 0 Å². The molecule has 0 aliphatic heterocycles. The summed E-state index contributed by atoms with van der Waals surface area (Å²) in [4.78, 5) is 0. The lowest BCUT2D eigenvalue weighted by Gasteiger charge is -2.03. The van der Waals surface area contributed by atoms with Crippen LogP contribution in [-0.2, 0) is 13.6 Å². The summed E-state index contributed by atoms with van der Waals surface area (Å²) in [5, 5.41) is 0. The predicted octanol–water partition coefficient (Wildman–Crippen LogP) is 0.242. The Hall–Kier alpha value is -0.163. The van der Waals surface area contributed by atoms with Crippen LogP contribution in [0.4, 0.5) is 0 Å². The lowest BCUT2D eigenvalue weighted by atomic mass is 10.7. The maximum absolute atomic E-state index is 5.02. The zero-order chi connectivity index (χ0) is 7.82. The quantitative estimate of drug-likeness (QED) is 0.542. The molecule has 10 heavy (non-hydrogen) atoms. The topological polar surface area (TPSA) is 27.7 Å². The Morgan fingerprint density at radius 3 is 2.20 bits per heavy atom.